The number of carbonyl (C=O) groups is 4. The largest absolute Gasteiger partial charge is 0.478 e. The summed E-state index contributed by atoms with van der Waals surface area (Å²) in [6, 6.07) is -4.00. The van der Waals surface area contributed by atoms with Crippen LogP contribution in [0.1, 0.15) is 52.4 Å². The molecule has 2 aliphatic heterocycles. The molecule has 2 unspecified atom stereocenters. The molecule has 2 amide bonds. The fraction of sp³-hybridized carbons (Fsp3) is 0.857. The first-order valence-electron chi connectivity index (χ1n) is 15.5. The van der Waals surface area contributed by atoms with Crippen LogP contribution in [0.25, 0.3) is 0 Å². The number of rotatable bonds is 19. The Hall–Kier alpha value is -1.82. The average Bonchev–Trinajstić information content (AvgIpc) is 3.02. The fourth-order valence-electron chi connectivity index (χ4n) is 5.73. The van der Waals surface area contributed by atoms with Gasteiger partial charge in [-0.15, -0.1) is 23.5 Å². The molecular weight excluding hydrogens is 680 g/mol. The maximum absolute atomic E-state index is 12.4. The third-order valence-corrected chi connectivity index (χ3v) is 11.0. The van der Waals surface area contributed by atoms with Gasteiger partial charge in [0.1, 0.15) is 36.6 Å². The van der Waals surface area contributed by atoms with Crippen LogP contribution in [0.3, 0.4) is 0 Å². The lowest BCUT2D eigenvalue weighted by atomic mass is 9.88. The predicted octanol–water partition coefficient (Wildman–Crippen LogP) is -3.75. The lowest BCUT2D eigenvalue weighted by Crippen LogP contribution is -2.68. The molecule has 2 heterocycles. The van der Waals surface area contributed by atoms with Crippen LogP contribution in [-0.4, -0.2) is 160 Å². The monoisotopic (exact) mass is 730 g/mol. The minimum atomic E-state index is -1.91. The van der Waals surface area contributed by atoms with Gasteiger partial charge in [0.15, 0.2) is 0 Å². The molecule has 14 N–H and O–H groups in total. The van der Waals surface area contributed by atoms with E-state index in [2.05, 4.69) is 10.6 Å². The van der Waals surface area contributed by atoms with E-state index in [-0.39, 0.29) is 24.3 Å². The highest BCUT2D eigenvalue weighted by molar-refractivity contribution is 8.01. The van der Waals surface area contributed by atoms with Gasteiger partial charge in [-0.1, -0.05) is 12.8 Å². The van der Waals surface area contributed by atoms with E-state index >= 15 is 0 Å². The zero-order valence-corrected chi connectivity index (χ0v) is 28.5. The topological polar surface area (TPSA) is 325 Å². The van der Waals surface area contributed by atoms with E-state index in [4.69, 9.17) is 20.9 Å². The van der Waals surface area contributed by atoms with Gasteiger partial charge in [0.2, 0.25) is 21.7 Å². The number of unbranched alkanes of at least 4 members (excludes halogenated alkanes) is 3. The number of carbonyl (C=O) groups excluding carboxylic acids is 2. The van der Waals surface area contributed by atoms with Gasteiger partial charge in [0.05, 0.1) is 25.3 Å². The van der Waals surface area contributed by atoms with E-state index in [1.165, 1.54) is 13.8 Å². The molecule has 0 saturated carbocycles. The van der Waals surface area contributed by atoms with E-state index in [0.717, 1.165) is 23.5 Å². The zero-order valence-electron chi connectivity index (χ0n) is 26.8. The number of carboxylic acid groups (broad SMARTS) is 2. The number of aliphatic carboxylic acids is 2. The number of ether oxygens (including phenoxy) is 2. The van der Waals surface area contributed by atoms with Crippen LogP contribution >= 0.6 is 23.5 Å². The van der Waals surface area contributed by atoms with Crippen LogP contribution in [0.2, 0.25) is 0 Å². The van der Waals surface area contributed by atoms with Gasteiger partial charge in [0, 0.05) is 38.8 Å². The molecule has 18 nitrogen and oxygen atoms in total. The molecule has 2 aliphatic rings. The van der Waals surface area contributed by atoms with Crippen molar-refractivity contribution in [3.63, 3.8) is 0 Å². The van der Waals surface area contributed by atoms with Gasteiger partial charge in [-0.2, -0.15) is 0 Å². The van der Waals surface area contributed by atoms with Gasteiger partial charge in [0.25, 0.3) is 0 Å². The SMILES string of the molecule is CC(=O)N[C@H]1[C@H]([C@H](O)[C@H](O)CO)OC(SCCCCCCSC2(C(=O)O)C[C@H](N)[C@@H](NC(C)=O)[C@H]([C@H](O)[C@H](O)CO)O2)(C(=O)O)C[C@@H]1N. The second-order valence-corrected chi connectivity index (χ2v) is 14.8. The molecule has 0 aliphatic carbocycles. The smallest absolute Gasteiger partial charge is 0.346 e. The first-order valence-corrected chi connectivity index (χ1v) is 17.5. The van der Waals surface area contributed by atoms with Crippen molar-refractivity contribution in [2.45, 2.75) is 123 Å². The summed E-state index contributed by atoms with van der Waals surface area (Å²) in [6.45, 7) is 0.736. The molecule has 0 spiro atoms. The Morgan fingerprint density at radius 1 is 0.708 bits per heavy atom. The first-order chi connectivity index (χ1) is 22.4. The Labute approximate surface area is 286 Å². The molecule has 2 saturated heterocycles. The molecule has 0 aromatic heterocycles. The highest BCUT2D eigenvalue weighted by Crippen LogP contribution is 2.42. The van der Waals surface area contributed by atoms with E-state index in [1.807, 2.05) is 0 Å². The predicted molar refractivity (Wildman–Crippen MR) is 172 cm³/mol. The van der Waals surface area contributed by atoms with Crippen molar-refractivity contribution in [2.24, 2.45) is 11.5 Å². The molecule has 2 fully saturated rings. The molecule has 48 heavy (non-hydrogen) atoms. The summed E-state index contributed by atoms with van der Waals surface area (Å²) in [5.41, 5.74) is 12.5. The molecule has 20 heteroatoms. The fourth-order valence-corrected chi connectivity index (χ4v) is 8.31. The summed E-state index contributed by atoms with van der Waals surface area (Å²) in [6.07, 6.45) is -7.92. The second kappa shape index (κ2) is 19.0. The lowest BCUT2D eigenvalue weighted by Gasteiger charge is -2.47. The summed E-state index contributed by atoms with van der Waals surface area (Å²) >= 11 is 1.88. The van der Waals surface area contributed by atoms with Gasteiger partial charge >= 0.3 is 11.9 Å². The molecule has 0 aromatic carbocycles. The summed E-state index contributed by atoms with van der Waals surface area (Å²) in [4.78, 5) is 44.5. The van der Waals surface area contributed by atoms with Crippen molar-refractivity contribution in [2.75, 3.05) is 24.7 Å². The highest BCUT2D eigenvalue weighted by atomic mass is 32.2. The number of carboxylic acids is 2. The Morgan fingerprint density at radius 2 is 1.04 bits per heavy atom. The van der Waals surface area contributed by atoms with Gasteiger partial charge in [-0.05, 0) is 24.3 Å². The number of hydrogen-bond acceptors (Lipinski definition) is 16. The number of hydrogen-bond donors (Lipinski definition) is 12. The number of nitrogens with one attached hydrogen (secondary N) is 2. The maximum atomic E-state index is 12.4. The van der Waals surface area contributed by atoms with Crippen molar-refractivity contribution < 1.29 is 69.5 Å². The quantitative estimate of drug-likeness (QED) is 0.0568. The van der Waals surface area contributed by atoms with Gasteiger partial charge in [-0.25, -0.2) is 9.59 Å². The van der Waals surface area contributed by atoms with E-state index in [1.54, 1.807) is 0 Å². The van der Waals surface area contributed by atoms with Crippen molar-refractivity contribution in [3.05, 3.63) is 0 Å². The Bertz CT molecular complexity index is 1010. The van der Waals surface area contributed by atoms with Crippen molar-refractivity contribution >= 4 is 47.3 Å². The summed E-state index contributed by atoms with van der Waals surface area (Å²) in [5.74, 6) is -3.17. The maximum Gasteiger partial charge on any atom is 0.346 e. The Kier molecular flexibility index (Phi) is 16.7. The molecular formula is C28H50N4O14S2. The van der Waals surface area contributed by atoms with Crippen LogP contribution < -0.4 is 22.1 Å². The molecule has 278 valence electrons. The molecule has 0 bridgehead atoms. The lowest BCUT2D eigenvalue weighted by molar-refractivity contribution is -0.192. The number of thioether (sulfide) groups is 2. The standard InChI is InChI=1S/C28H50N4O14S2/c1-13(35)31-19-15(29)9-27(25(41)42,45-23(19)21(39)17(37)11-33)47-7-5-3-4-6-8-48-28(26(43)44)10-16(30)20(32-14(2)36)24(46-28)22(40)18(38)12-34/h15-24,33-34,37-40H,3-12,29-30H2,1-2H3,(H,31,35)(H,32,36)(H,41,42)(H,43,44)/t15-,16-,17+,18+,19+,20+,21+,22+,23+,24+,27?,28?/m0/s1. The number of aliphatic hydroxyl groups is 6. The second-order valence-electron chi connectivity index (χ2n) is 12.1. The normalized spacial score (nSPS) is 33.2. The molecule has 0 aromatic rings. The van der Waals surface area contributed by atoms with Crippen molar-refractivity contribution in [3.8, 4) is 0 Å². The number of amides is 2. The van der Waals surface area contributed by atoms with Crippen LogP contribution in [0.4, 0.5) is 0 Å². The summed E-state index contributed by atoms with van der Waals surface area (Å²) < 4.78 is 11.7. The summed E-state index contributed by atoms with van der Waals surface area (Å²) in [5, 5.41) is 85.1. The summed E-state index contributed by atoms with van der Waals surface area (Å²) in [7, 11) is 0. The van der Waals surface area contributed by atoms with E-state index in [0.29, 0.717) is 25.7 Å². The molecule has 0 radical (unpaired) electrons. The number of nitrogens with two attached hydrogens (primary N) is 2. The van der Waals surface area contributed by atoms with Crippen molar-refractivity contribution in [1.29, 1.82) is 0 Å². The molecule has 12 atom stereocenters. The van der Waals surface area contributed by atoms with Crippen LogP contribution in [0.15, 0.2) is 0 Å². The number of aliphatic hydroxyl groups excluding tert-OH is 6. The van der Waals surface area contributed by atoms with Crippen LogP contribution in [-0.2, 0) is 28.7 Å². The van der Waals surface area contributed by atoms with E-state index in [9.17, 15) is 60.0 Å². The Morgan fingerprint density at radius 3 is 1.31 bits per heavy atom. The minimum Gasteiger partial charge on any atom is -0.478 e. The van der Waals surface area contributed by atoms with Crippen LogP contribution in [0, 0.1) is 0 Å². The molecule has 2 rings (SSSR count). The van der Waals surface area contributed by atoms with E-state index < -0.39 is 108 Å². The van der Waals surface area contributed by atoms with Crippen molar-refractivity contribution in [1.82, 2.24) is 10.6 Å². The van der Waals surface area contributed by atoms with Gasteiger partial charge < -0.3 is 72.4 Å². The third kappa shape index (κ3) is 10.8. The van der Waals surface area contributed by atoms with Gasteiger partial charge in [-0.3, -0.25) is 9.59 Å². The highest BCUT2D eigenvalue weighted by Gasteiger charge is 2.55. The average molecular weight is 731 g/mol. The first kappa shape index (κ1) is 42.3. The van der Waals surface area contributed by atoms with Crippen LogP contribution in [0.5, 0.6) is 0 Å². The third-order valence-electron chi connectivity index (χ3n) is 8.23. The zero-order chi connectivity index (χ0) is 36.4. The Balaban J connectivity index is 1.99. The minimum absolute atomic E-state index is 0.222.